The van der Waals surface area contributed by atoms with Gasteiger partial charge >= 0.3 is 0 Å². The number of ketones is 1. The van der Waals surface area contributed by atoms with Gasteiger partial charge in [-0.15, -0.1) is 0 Å². The molecule has 4 saturated carbocycles. The van der Waals surface area contributed by atoms with Crippen LogP contribution in [0, 0.1) is 57.7 Å². The van der Waals surface area contributed by atoms with Gasteiger partial charge in [0.15, 0.2) is 0 Å². The first kappa shape index (κ1) is 32.4. The molecule has 0 aromatic heterocycles. The summed E-state index contributed by atoms with van der Waals surface area (Å²) in [4.78, 5) is 12.8. The Labute approximate surface area is 260 Å². The monoisotopic (exact) mass is 621 g/mol. The highest BCUT2D eigenvalue weighted by molar-refractivity contribution is 7.89. The number of piperidine rings is 1. The molecule has 1 spiro atoms. The fourth-order valence-corrected chi connectivity index (χ4v) is 13.5. The molecule has 0 amide bonds. The molecular weight excluding hydrogens is 562 g/mol. The van der Waals surface area contributed by atoms with Crippen LogP contribution in [0.3, 0.4) is 0 Å². The van der Waals surface area contributed by atoms with E-state index in [0.29, 0.717) is 55.0 Å². The molecule has 2 saturated heterocycles. The van der Waals surface area contributed by atoms with Gasteiger partial charge in [0.1, 0.15) is 11.5 Å². The zero-order chi connectivity index (χ0) is 30.8. The fourth-order valence-electron chi connectivity index (χ4n) is 12.0. The number of ether oxygens (including phenoxy) is 1. The lowest BCUT2D eigenvalue weighted by molar-refractivity contribution is -0.203. The van der Waals surface area contributed by atoms with Crippen LogP contribution in [0.15, 0.2) is 0 Å². The standard InChI is InChI=1S/C35H59NO6S/c1-5-26-30-19-24(37)11-13-34(30,4)29-12-14-33(3)27(9-10-28(33)31(29)32(26)39)23(2)7-6-8-25(38)20-43(40,41)36-17-15-35(16-18-36)21-42-22-35/h23-24,26-32,37,39H,5-22H2,1-4H3/t23-,24-,26-,27-,28+,29+,30+,31+,32-,33-,34-/m1/s1. The Bertz CT molecular complexity index is 1130. The van der Waals surface area contributed by atoms with Crippen molar-refractivity contribution in [2.45, 2.75) is 123 Å². The van der Waals surface area contributed by atoms with Crippen LogP contribution in [-0.2, 0) is 19.6 Å². The van der Waals surface area contributed by atoms with E-state index in [-0.39, 0.29) is 45.9 Å². The predicted molar refractivity (Wildman–Crippen MR) is 168 cm³/mol. The normalized spacial score (nSPS) is 45.1. The minimum atomic E-state index is -3.54. The molecule has 0 aromatic rings. The number of fused-ring (bicyclic) bond motifs is 5. The highest BCUT2D eigenvalue weighted by Gasteiger charge is 2.64. The number of hydrogen-bond acceptors (Lipinski definition) is 6. The van der Waals surface area contributed by atoms with Crippen LogP contribution in [-0.4, -0.2) is 73.0 Å². The molecule has 6 fully saturated rings. The zero-order valence-corrected chi connectivity index (χ0v) is 28.1. The van der Waals surface area contributed by atoms with Gasteiger partial charge in [-0.1, -0.05) is 40.5 Å². The topological polar surface area (TPSA) is 104 Å². The van der Waals surface area contributed by atoms with E-state index in [4.69, 9.17) is 4.74 Å². The van der Waals surface area contributed by atoms with Gasteiger partial charge in [0.05, 0.1) is 25.4 Å². The Hall–Kier alpha value is -0.540. The Morgan fingerprint density at radius 2 is 1.63 bits per heavy atom. The van der Waals surface area contributed by atoms with Crippen molar-refractivity contribution >= 4 is 15.8 Å². The first-order chi connectivity index (χ1) is 20.3. The van der Waals surface area contributed by atoms with Crippen molar-refractivity contribution in [1.82, 2.24) is 4.31 Å². The van der Waals surface area contributed by atoms with E-state index in [1.807, 2.05) is 0 Å². The number of aliphatic hydroxyl groups is 2. The van der Waals surface area contributed by atoms with Crippen molar-refractivity contribution in [3.8, 4) is 0 Å². The molecule has 2 aliphatic heterocycles. The number of aliphatic hydroxyl groups excluding tert-OH is 2. The summed E-state index contributed by atoms with van der Waals surface area (Å²) < 4.78 is 32.8. The number of carbonyl (C=O) groups excluding carboxylic acids is 1. The van der Waals surface area contributed by atoms with Crippen LogP contribution in [0.4, 0.5) is 0 Å². The van der Waals surface area contributed by atoms with Crippen molar-refractivity contribution in [2.75, 3.05) is 32.1 Å². The third kappa shape index (κ3) is 5.59. The third-order valence-corrected chi connectivity index (χ3v) is 16.4. The molecule has 246 valence electrons. The molecule has 0 bridgehead atoms. The maximum absolute atomic E-state index is 13.0. The Kier molecular flexibility index (Phi) is 8.98. The second-order valence-electron chi connectivity index (χ2n) is 16.7. The molecule has 11 atom stereocenters. The molecular formula is C35H59NO6S. The SMILES string of the molecule is CC[C@H]1[C@@H](O)[C@@H]2[C@H](CC[C@]3(C)[C@@H]([C@H](C)CCCC(=O)CS(=O)(=O)N4CCC5(CC4)COC5)CC[C@@H]23)[C@@]2(C)CC[C@@H](O)C[C@@H]12. The molecule has 8 heteroatoms. The summed E-state index contributed by atoms with van der Waals surface area (Å²) >= 11 is 0. The van der Waals surface area contributed by atoms with E-state index in [1.54, 1.807) is 0 Å². The van der Waals surface area contributed by atoms with Gasteiger partial charge in [-0.05, 0) is 116 Å². The molecule has 43 heavy (non-hydrogen) atoms. The molecule has 0 radical (unpaired) electrons. The van der Waals surface area contributed by atoms with Crippen LogP contribution in [0.2, 0.25) is 0 Å². The molecule has 0 unspecified atom stereocenters. The van der Waals surface area contributed by atoms with Gasteiger partial charge in [-0.2, -0.15) is 0 Å². The summed E-state index contributed by atoms with van der Waals surface area (Å²) in [6.07, 6.45) is 11.8. The molecule has 7 nitrogen and oxygen atoms in total. The highest BCUT2D eigenvalue weighted by Crippen LogP contribution is 2.69. The highest BCUT2D eigenvalue weighted by atomic mass is 32.2. The van der Waals surface area contributed by atoms with Gasteiger partial charge in [-0.3, -0.25) is 4.79 Å². The van der Waals surface area contributed by atoms with Gasteiger partial charge in [0.2, 0.25) is 10.0 Å². The fraction of sp³-hybridized carbons (Fsp3) is 0.971. The Morgan fingerprint density at radius 1 is 0.953 bits per heavy atom. The van der Waals surface area contributed by atoms with Crippen molar-refractivity contribution in [3.63, 3.8) is 0 Å². The second kappa shape index (κ2) is 11.9. The minimum absolute atomic E-state index is 0.146. The predicted octanol–water partition coefficient (Wildman–Crippen LogP) is 5.43. The van der Waals surface area contributed by atoms with Gasteiger partial charge in [0, 0.05) is 24.9 Å². The zero-order valence-electron chi connectivity index (χ0n) is 27.3. The summed E-state index contributed by atoms with van der Waals surface area (Å²) in [5, 5.41) is 22.5. The number of nitrogens with zero attached hydrogens (tertiary/aromatic N) is 1. The van der Waals surface area contributed by atoms with Crippen molar-refractivity contribution in [3.05, 3.63) is 0 Å². The summed E-state index contributed by atoms with van der Waals surface area (Å²) in [7, 11) is -3.54. The smallest absolute Gasteiger partial charge is 0.221 e. The van der Waals surface area contributed by atoms with Crippen LogP contribution < -0.4 is 0 Å². The van der Waals surface area contributed by atoms with E-state index in [0.717, 1.165) is 64.6 Å². The van der Waals surface area contributed by atoms with Gasteiger partial charge in [0.25, 0.3) is 0 Å². The van der Waals surface area contributed by atoms with Crippen LogP contribution in [0.1, 0.15) is 111 Å². The van der Waals surface area contributed by atoms with Crippen molar-refractivity contribution < 1.29 is 28.2 Å². The number of hydrogen-bond donors (Lipinski definition) is 2. The van der Waals surface area contributed by atoms with E-state index in [2.05, 4.69) is 27.7 Å². The van der Waals surface area contributed by atoms with E-state index < -0.39 is 10.0 Å². The van der Waals surface area contributed by atoms with Crippen molar-refractivity contribution in [2.24, 2.45) is 57.7 Å². The lowest BCUT2D eigenvalue weighted by atomic mass is 9.41. The number of Topliss-reactive ketones (excluding diaryl/α,β-unsaturated/α-hetero) is 1. The quantitative estimate of drug-likeness (QED) is 0.356. The molecule has 2 heterocycles. The number of sulfonamides is 1. The average molecular weight is 622 g/mol. The molecule has 6 aliphatic rings. The first-order valence-electron chi connectivity index (χ1n) is 17.8. The van der Waals surface area contributed by atoms with Crippen LogP contribution in [0.5, 0.6) is 0 Å². The van der Waals surface area contributed by atoms with Crippen LogP contribution in [0.25, 0.3) is 0 Å². The first-order valence-corrected chi connectivity index (χ1v) is 19.4. The Morgan fingerprint density at radius 3 is 2.28 bits per heavy atom. The van der Waals surface area contributed by atoms with E-state index in [1.165, 1.54) is 30.0 Å². The summed E-state index contributed by atoms with van der Waals surface area (Å²) in [6.45, 7) is 12.1. The number of carbonyl (C=O) groups is 1. The lowest BCUT2D eigenvalue weighted by Crippen LogP contribution is -2.62. The van der Waals surface area contributed by atoms with Gasteiger partial charge < -0.3 is 14.9 Å². The maximum Gasteiger partial charge on any atom is 0.221 e. The lowest BCUT2D eigenvalue weighted by Gasteiger charge is -2.64. The Balaban J connectivity index is 1.04. The minimum Gasteiger partial charge on any atom is -0.393 e. The summed E-state index contributed by atoms with van der Waals surface area (Å²) in [6, 6.07) is 0. The summed E-state index contributed by atoms with van der Waals surface area (Å²) in [5.74, 6) is 2.69. The molecule has 0 aromatic carbocycles. The third-order valence-electron chi connectivity index (χ3n) is 14.6. The molecule has 6 rings (SSSR count). The van der Waals surface area contributed by atoms with Crippen LogP contribution >= 0.6 is 0 Å². The molecule has 2 N–H and O–H groups in total. The summed E-state index contributed by atoms with van der Waals surface area (Å²) in [5.41, 5.74) is 0.604. The average Bonchev–Trinajstić information content (AvgIpc) is 3.30. The van der Waals surface area contributed by atoms with Crippen molar-refractivity contribution in [1.29, 1.82) is 0 Å². The maximum atomic E-state index is 13.0. The second-order valence-corrected chi connectivity index (χ2v) is 18.6. The van der Waals surface area contributed by atoms with E-state index in [9.17, 15) is 23.4 Å². The largest absolute Gasteiger partial charge is 0.393 e. The van der Waals surface area contributed by atoms with Gasteiger partial charge in [-0.25, -0.2) is 12.7 Å². The number of rotatable bonds is 9. The molecule has 4 aliphatic carbocycles. The van der Waals surface area contributed by atoms with E-state index >= 15 is 0 Å².